The summed E-state index contributed by atoms with van der Waals surface area (Å²) >= 11 is 0. The Kier molecular flexibility index (Phi) is 6.26. The number of phenolic OH excluding ortho intramolecular Hbond substituents is 1. The number of hydrogen-bond donors (Lipinski definition) is 1. The summed E-state index contributed by atoms with van der Waals surface area (Å²) < 4.78 is 16.1. The number of fused-ring (bicyclic) bond motifs is 2. The summed E-state index contributed by atoms with van der Waals surface area (Å²) in [4.78, 5) is 28.6. The molecule has 2 aliphatic rings. The number of ether oxygens (including phenoxy) is 3. The molecule has 1 atom stereocenters. The SMILES string of the molecule is CCCCCCN1C(=O)C(CC(=O)OCC)(c2cc3c(cc2O)OCO3)c2ccccc21. The number of carbonyl (C=O) groups excluding carboxylic acids is 2. The highest BCUT2D eigenvalue weighted by molar-refractivity contribution is 6.12. The number of rotatable bonds is 9. The highest BCUT2D eigenvalue weighted by Crippen LogP contribution is 2.53. The molecule has 7 heteroatoms. The summed E-state index contributed by atoms with van der Waals surface area (Å²) in [5.41, 5.74) is 0.361. The highest BCUT2D eigenvalue weighted by atomic mass is 16.7. The summed E-state index contributed by atoms with van der Waals surface area (Å²) in [6.45, 7) is 4.66. The normalized spacial score (nSPS) is 18.7. The van der Waals surface area contributed by atoms with E-state index in [-0.39, 0.29) is 31.5 Å². The minimum Gasteiger partial charge on any atom is -0.507 e. The van der Waals surface area contributed by atoms with E-state index in [4.69, 9.17) is 14.2 Å². The summed E-state index contributed by atoms with van der Waals surface area (Å²) in [5.74, 6) is -0.00657. The molecule has 0 aromatic heterocycles. The van der Waals surface area contributed by atoms with Crippen molar-refractivity contribution < 1.29 is 28.9 Å². The zero-order valence-electron chi connectivity index (χ0n) is 18.6. The molecule has 0 bridgehead atoms. The molecule has 2 aromatic carbocycles. The first kappa shape index (κ1) is 22.0. The van der Waals surface area contributed by atoms with E-state index < -0.39 is 11.4 Å². The van der Waals surface area contributed by atoms with E-state index in [1.807, 2.05) is 24.3 Å². The smallest absolute Gasteiger partial charge is 0.307 e. The van der Waals surface area contributed by atoms with Gasteiger partial charge in [0.2, 0.25) is 12.7 Å². The fourth-order valence-corrected chi connectivity index (χ4v) is 4.67. The maximum atomic E-state index is 14.1. The molecular weight excluding hydrogens is 410 g/mol. The van der Waals surface area contributed by atoms with Gasteiger partial charge in [0.25, 0.3) is 0 Å². The number of phenols is 1. The molecule has 0 fully saturated rings. The van der Waals surface area contributed by atoms with Gasteiger partial charge in [-0.15, -0.1) is 0 Å². The molecule has 0 saturated carbocycles. The summed E-state index contributed by atoms with van der Waals surface area (Å²) in [5, 5.41) is 11.0. The van der Waals surface area contributed by atoms with E-state index in [0.29, 0.717) is 29.2 Å². The predicted octanol–water partition coefficient (Wildman–Crippen LogP) is 4.29. The van der Waals surface area contributed by atoms with Gasteiger partial charge >= 0.3 is 5.97 Å². The van der Waals surface area contributed by atoms with Crippen LogP contribution in [0.3, 0.4) is 0 Å². The largest absolute Gasteiger partial charge is 0.507 e. The number of aromatic hydroxyl groups is 1. The zero-order chi connectivity index (χ0) is 22.7. The monoisotopic (exact) mass is 439 g/mol. The van der Waals surface area contributed by atoms with Crippen LogP contribution in [0.1, 0.15) is 57.1 Å². The van der Waals surface area contributed by atoms with Crippen molar-refractivity contribution in [1.29, 1.82) is 0 Å². The molecule has 32 heavy (non-hydrogen) atoms. The maximum Gasteiger partial charge on any atom is 0.307 e. The standard InChI is InChI=1S/C25H29NO6/c1-3-5-6-9-12-26-19-11-8-7-10-17(19)25(24(26)29,15-23(28)30-4-2)18-13-21-22(14-20(18)27)32-16-31-21/h7-8,10-11,13-14,27H,3-6,9,12,15-16H2,1-2H3. The molecule has 170 valence electrons. The van der Waals surface area contributed by atoms with Crippen molar-refractivity contribution in [3.8, 4) is 17.2 Å². The zero-order valence-corrected chi connectivity index (χ0v) is 18.6. The van der Waals surface area contributed by atoms with Gasteiger partial charge in [0.1, 0.15) is 11.2 Å². The average Bonchev–Trinajstić information content (AvgIpc) is 3.32. The quantitative estimate of drug-likeness (QED) is 0.464. The van der Waals surface area contributed by atoms with Crippen molar-refractivity contribution in [2.75, 3.05) is 24.8 Å². The lowest BCUT2D eigenvalue weighted by Crippen LogP contribution is -2.43. The van der Waals surface area contributed by atoms with Gasteiger partial charge in [-0.25, -0.2) is 0 Å². The van der Waals surface area contributed by atoms with Crippen LogP contribution in [0.5, 0.6) is 17.2 Å². The predicted molar refractivity (Wildman–Crippen MR) is 119 cm³/mol. The number of carbonyl (C=O) groups is 2. The molecule has 1 unspecified atom stereocenters. The highest BCUT2D eigenvalue weighted by Gasteiger charge is 2.55. The van der Waals surface area contributed by atoms with Crippen LogP contribution in [-0.4, -0.2) is 36.9 Å². The van der Waals surface area contributed by atoms with E-state index in [2.05, 4.69) is 6.92 Å². The molecule has 2 heterocycles. The molecule has 0 saturated heterocycles. The van der Waals surface area contributed by atoms with Crippen molar-refractivity contribution in [2.45, 2.75) is 51.4 Å². The Hall–Kier alpha value is -3.22. The Morgan fingerprint density at radius 2 is 1.84 bits per heavy atom. The van der Waals surface area contributed by atoms with Crippen LogP contribution in [0.25, 0.3) is 0 Å². The Morgan fingerprint density at radius 1 is 1.09 bits per heavy atom. The lowest BCUT2D eigenvalue weighted by atomic mass is 9.72. The Balaban J connectivity index is 1.84. The molecule has 7 nitrogen and oxygen atoms in total. The van der Waals surface area contributed by atoms with Gasteiger partial charge in [-0.3, -0.25) is 9.59 Å². The summed E-state index contributed by atoms with van der Waals surface area (Å²) in [6, 6.07) is 10.5. The van der Waals surface area contributed by atoms with E-state index in [0.717, 1.165) is 31.4 Å². The first-order valence-corrected chi connectivity index (χ1v) is 11.2. The van der Waals surface area contributed by atoms with Gasteiger partial charge < -0.3 is 24.2 Å². The molecule has 2 aliphatic heterocycles. The molecule has 2 aromatic rings. The Morgan fingerprint density at radius 3 is 2.59 bits per heavy atom. The molecular formula is C25H29NO6. The lowest BCUT2D eigenvalue weighted by molar-refractivity contribution is -0.146. The molecule has 4 rings (SSSR count). The van der Waals surface area contributed by atoms with Crippen LogP contribution >= 0.6 is 0 Å². The number of esters is 1. The minimum atomic E-state index is -1.40. The Labute approximate surface area is 187 Å². The van der Waals surface area contributed by atoms with Gasteiger partial charge in [-0.2, -0.15) is 0 Å². The molecule has 1 N–H and O–H groups in total. The molecule has 1 amide bonds. The van der Waals surface area contributed by atoms with Gasteiger partial charge in [-0.05, 0) is 31.0 Å². The second kappa shape index (κ2) is 9.10. The third kappa shape index (κ3) is 3.66. The topological polar surface area (TPSA) is 85.3 Å². The van der Waals surface area contributed by atoms with E-state index in [1.54, 1.807) is 17.9 Å². The molecule has 0 spiro atoms. The van der Waals surface area contributed by atoms with Crippen molar-refractivity contribution in [3.63, 3.8) is 0 Å². The first-order valence-electron chi connectivity index (χ1n) is 11.2. The first-order chi connectivity index (χ1) is 15.5. The Bertz CT molecular complexity index is 1020. The van der Waals surface area contributed by atoms with Gasteiger partial charge in [0, 0.05) is 23.9 Å². The van der Waals surface area contributed by atoms with Crippen LogP contribution in [-0.2, 0) is 19.7 Å². The van der Waals surface area contributed by atoms with Gasteiger partial charge in [0.15, 0.2) is 11.5 Å². The number of anilines is 1. The second-order valence-corrected chi connectivity index (χ2v) is 8.14. The third-order valence-electron chi connectivity index (χ3n) is 6.17. The van der Waals surface area contributed by atoms with Gasteiger partial charge in [-0.1, -0.05) is 44.4 Å². The second-order valence-electron chi connectivity index (χ2n) is 8.14. The van der Waals surface area contributed by atoms with Crippen molar-refractivity contribution in [2.24, 2.45) is 0 Å². The van der Waals surface area contributed by atoms with Crippen LogP contribution in [0.4, 0.5) is 5.69 Å². The van der Waals surface area contributed by atoms with Crippen molar-refractivity contribution >= 4 is 17.6 Å². The number of unbranched alkanes of at least 4 members (excludes halogenated alkanes) is 3. The number of nitrogens with zero attached hydrogens (tertiary/aromatic N) is 1. The van der Waals surface area contributed by atoms with E-state index in [1.165, 1.54) is 6.07 Å². The van der Waals surface area contributed by atoms with Crippen LogP contribution < -0.4 is 14.4 Å². The fraction of sp³-hybridized carbons (Fsp3) is 0.440. The number of amides is 1. The number of benzene rings is 2. The third-order valence-corrected chi connectivity index (χ3v) is 6.17. The van der Waals surface area contributed by atoms with Crippen LogP contribution in [0.15, 0.2) is 36.4 Å². The van der Waals surface area contributed by atoms with Crippen molar-refractivity contribution in [1.82, 2.24) is 0 Å². The summed E-state index contributed by atoms with van der Waals surface area (Å²) in [6.07, 6.45) is 3.86. The number of hydrogen-bond acceptors (Lipinski definition) is 6. The summed E-state index contributed by atoms with van der Waals surface area (Å²) in [7, 11) is 0. The lowest BCUT2D eigenvalue weighted by Gasteiger charge is -2.29. The molecule has 0 aliphatic carbocycles. The molecule has 0 radical (unpaired) electrons. The number of para-hydroxylation sites is 1. The fourth-order valence-electron chi connectivity index (χ4n) is 4.67. The van der Waals surface area contributed by atoms with Crippen molar-refractivity contribution in [3.05, 3.63) is 47.5 Å². The maximum absolute atomic E-state index is 14.1. The van der Waals surface area contributed by atoms with Gasteiger partial charge in [0.05, 0.1) is 13.0 Å². The van der Waals surface area contributed by atoms with E-state index in [9.17, 15) is 14.7 Å². The van der Waals surface area contributed by atoms with E-state index >= 15 is 0 Å². The van der Waals surface area contributed by atoms with Crippen LogP contribution in [0.2, 0.25) is 0 Å². The minimum absolute atomic E-state index is 0.0389. The van der Waals surface area contributed by atoms with Crippen LogP contribution in [0, 0.1) is 0 Å². The average molecular weight is 440 g/mol.